The Balaban J connectivity index is 2.01. The zero-order valence-corrected chi connectivity index (χ0v) is 12.2. The van der Waals surface area contributed by atoms with Crippen LogP contribution in [0.1, 0.15) is 31.1 Å². The lowest BCUT2D eigenvalue weighted by Crippen LogP contribution is -1.84. The lowest BCUT2D eigenvalue weighted by atomic mass is 10.1. The topological polar surface area (TPSA) is 0 Å². The molecule has 0 radical (unpaired) electrons. The van der Waals surface area contributed by atoms with Crippen molar-refractivity contribution in [3.63, 3.8) is 0 Å². The molecular weight excluding hydrogens is 248 g/mol. The monoisotopic (exact) mass is 266 g/mol. The molecule has 0 aliphatic heterocycles. The average Bonchev–Trinajstić information content (AvgIpc) is 2.95. The quantitative estimate of drug-likeness (QED) is 0.538. The van der Waals surface area contributed by atoms with Gasteiger partial charge < -0.3 is 0 Å². The first-order chi connectivity index (χ1) is 9.28. The molecule has 0 amide bonds. The third-order valence-corrected chi connectivity index (χ3v) is 5.12. The Morgan fingerprint density at radius 3 is 2.53 bits per heavy atom. The largest absolute Gasteiger partial charge is 0.140 e. The first-order valence-electron chi connectivity index (χ1n) is 6.87. The van der Waals surface area contributed by atoms with Crippen molar-refractivity contribution in [3.8, 4) is 10.4 Å². The maximum atomic E-state index is 2.30. The summed E-state index contributed by atoms with van der Waals surface area (Å²) in [4.78, 5) is 2.87. The summed E-state index contributed by atoms with van der Waals surface area (Å²) in [5.41, 5.74) is 1.33. The minimum atomic E-state index is 0.666. The molecule has 0 fully saturated rings. The van der Waals surface area contributed by atoms with Crippen LogP contribution in [0.4, 0.5) is 0 Å². The van der Waals surface area contributed by atoms with Crippen LogP contribution in [0.2, 0.25) is 0 Å². The van der Waals surface area contributed by atoms with Crippen LogP contribution in [0.15, 0.2) is 54.6 Å². The maximum Gasteiger partial charge on any atom is 0.0345 e. The second-order valence-electron chi connectivity index (χ2n) is 5.07. The molecule has 19 heavy (non-hydrogen) atoms. The van der Waals surface area contributed by atoms with Gasteiger partial charge in [0.1, 0.15) is 0 Å². The van der Waals surface area contributed by atoms with Crippen molar-refractivity contribution in [3.05, 3.63) is 59.5 Å². The molecular formula is C18H18S. The molecule has 0 saturated heterocycles. The number of rotatable bonds is 3. The molecule has 0 spiro atoms. The third kappa shape index (κ3) is 2.43. The van der Waals surface area contributed by atoms with E-state index in [0.717, 1.165) is 0 Å². The normalized spacial score (nSPS) is 12.7. The lowest BCUT2D eigenvalue weighted by Gasteiger charge is -2.04. The van der Waals surface area contributed by atoms with E-state index in [1.807, 2.05) is 11.3 Å². The smallest absolute Gasteiger partial charge is 0.0345 e. The van der Waals surface area contributed by atoms with Crippen molar-refractivity contribution in [2.45, 2.75) is 26.2 Å². The molecule has 1 unspecified atom stereocenters. The van der Waals surface area contributed by atoms with Gasteiger partial charge in [-0.05, 0) is 46.9 Å². The minimum Gasteiger partial charge on any atom is -0.140 e. The summed E-state index contributed by atoms with van der Waals surface area (Å²) in [6.45, 7) is 4.55. The van der Waals surface area contributed by atoms with Crippen molar-refractivity contribution in [2.24, 2.45) is 0 Å². The van der Waals surface area contributed by atoms with Gasteiger partial charge in [-0.25, -0.2) is 0 Å². The second-order valence-corrected chi connectivity index (χ2v) is 6.19. The van der Waals surface area contributed by atoms with E-state index < -0.39 is 0 Å². The molecule has 0 saturated carbocycles. The highest BCUT2D eigenvalue weighted by molar-refractivity contribution is 7.15. The molecule has 0 aliphatic carbocycles. The molecule has 0 N–H and O–H groups in total. The number of fused-ring (bicyclic) bond motifs is 1. The molecule has 1 aromatic heterocycles. The average molecular weight is 266 g/mol. The molecule has 3 aromatic rings. The third-order valence-electron chi connectivity index (χ3n) is 3.76. The Kier molecular flexibility index (Phi) is 3.39. The van der Waals surface area contributed by atoms with E-state index in [-0.39, 0.29) is 0 Å². The van der Waals surface area contributed by atoms with Gasteiger partial charge in [0.05, 0.1) is 0 Å². The molecule has 0 nitrogen and oxygen atoms in total. The summed E-state index contributed by atoms with van der Waals surface area (Å²) >= 11 is 1.93. The predicted octanol–water partition coefficient (Wildman–Crippen LogP) is 6.08. The summed E-state index contributed by atoms with van der Waals surface area (Å²) in [6, 6.07) is 19.8. The van der Waals surface area contributed by atoms with Gasteiger partial charge in [0.25, 0.3) is 0 Å². The predicted molar refractivity (Wildman–Crippen MR) is 86.0 cm³/mol. The van der Waals surface area contributed by atoms with Gasteiger partial charge in [-0.3, -0.25) is 0 Å². The Bertz CT molecular complexity index is 693. The van der Waals surface area contributed by atoms with Gasteiger partial charge in [0, 0.05) is 9.75 Å². The van der Waals surface area contributed by atoms with E-state index in [9.17, 15) is 0 Å². The first-order valence-corrected chi connectivity index (χ1v) is 7.68. The van der Waals surface area contributed by atoms with Crippen molar-refractivity contribution in [1.82, 2.24) is 0 Å². The standard InChI is InChI=1S/C18H18S/c1-3-13(2)17-10-11-18(19-17)16-9-8-14-6-4-5-7-15(14)12-16/h4-13H,3H2,1-2H3. The lowest BCUT2D eigenvalue weighted by molar-refractivity contribution is 0.748. The maximum absolute atomic E-state index is 2.30. The van der Waals surface area contributed by atoms with Gasteiger partial charge in [-0.1, -0.05) is 50.2 Å². The number of thiophene rings is 1. The van der Waals surface area contributed by atoms with Gasteiger partial charge in [0.15, 0.2) is 0 Å². The van der Waals surface area contributed by atoms with E-state index in [1.165, 1.54) is 32.5 Å². The highest BCUT2D eigenvalue weighted by atomic mass is 32.1. The van der Waals surface area contributed by atoms with E-state index in [4.69, 9.17) is 0 Å². The van der Waals surface area contributed by atoms with Crippen LogP contribution in [-0.2, 0) is 0 Å². The fraction of sp³-hybridized carbons (Fsp3) is 0.222. The Morgan fingerprint density at radius 1 is 0.947 bits per heavy atom. The van der Waals surface area contributed by atoms with E-state index in [2.05, 4.69) is 68.4 Å². The van der Waals surface area contributed by atoms with Crippen molar-refractivity contribution in [1.29, 1.82) is 0 Å². The fourth-order valence-electron chi connectivity index (χ4n) is 2.32. The summed E-state index contributed by atoms with van der Waals surface area (Å²) < 4.78 is 0. The first kappa shape index (κ1) is 12.4. The summed E-state index contributed by atoms with van der Waals surface area (Å²) in [5.74, 6) is 0.666. The molecule has 0 bridgehead atoms. The van der Waals surface area contributed by atoms with Crippen LogP contribution in [0.25, 0.3) is 21.2 Å². The number of hydrogen-bond acceptors (Lipinski definition) is 1. The van der Waals surface area contributed by atoms with Crippen molar-refractivity contribution < 1.29 is 0 Å². The van der Waals surface area contributed by atoms with Gasteiger partial charge in [-0.2, -0.15) is 0 Å². The second kappa shape index (κ2) is 5.18. The van der Waals surface area contributed by atoms with Crippen molar-refractivity contribution >= 4 is 22.1 Å². The van der Waals surface area contributed by atoms with Crippen LogP contribution < -0.4 is 0 Å². The fourth-order valence-corrected chi connectivity index (χ4v) is 3.46. The minimum absolute atomic E-state index is 0.666. The molecule has 1 heteroatoms. The molecule has 2 aromatic carbocycles. The van der Waals surface area contributed by atoms with E-state index in [0.29, 0.717) is 5.92 Å². The summed E-state index contributed by atoms with van der Waals surface area (Å²) in [6.07, 6.45) is 1.21. The molecule has 3 rings (SSSR count). The number of benzene rings is 2. The van der Waals surface area contributed by atoms with Gasteiger partial charge in [0.2, 0.25) is 0 Å². The van der Waals surface area contributed by atoms with Crippen molar-refractivity contribution in [2.75, 3.05) is 0 Å². The zero-order chi connectivity index (χ0) is 13.2. The molecule has 1 atom stereocenters. The van der Waals surface area contributed by atoms with Crippen LogP contribution in [0, 0.1) is 0 Å². The highest BCUT2D eigenvalue weighted by Gasteiger charge is 2.08. The van der Waals surface area contributed by atoms with E-state index in [1.54, 1.807) is 0 Å². The van der Waals surface area contributed by atoms with Crippen LogP contribution in [0.5, 0.6) is 0 Å². The van der Waals surface area contributed by atoms with Gasteiger partial charge in [-0.15, -0.1) is 11.3 Å². The number of hydrogen-bond donors (Lipinski definition) is 0. The summed E-state index contributed by atoms with van der Waals surface area (Å²) in [7, 11) is 0. The zero-order valence-electron chi connectivity index (χ0n) is 11.4. The van der Waals surface area contributed by atoms with Crippen LogP contribution in [-0.4, -0.2) is 0 Å². The highest BCUT2D eigenvalue weighted by Crippen LogP contribution is 2.34. The Morgan fingerprint density at radius 2 is 1.74 bits per heavy atom. The van der Waals surface area contributed by atoms with Crippen LogP contribution in [0.3, 0.4) is 0 Å². The molecule has 96 valence electrons. The Hall–Kier alpha value is -1.60. The molecule has 0 aliphatic rings. The molecule has 1 heterocycles. The Labute approximate surface area is 118 Å². The SMILES string of the molecule is CCC(C)c1ccc(-c2ccc3ccccc3c2)s1. The summed E-state index contributed by atoms with van der Waals surface area (Å²) in [5, 5.41) is 2.63. The van der Waals surface area contributed by atoms with Gasteiger partial charge >= 0.3 is 0 Å². The van der Waals surface area contributed by atoms with Crippen LogP contribution >= 0.6 is 11.3 Å². The van der Waals surface area contributed by atoms with E-state index >= 15 is 0 Å².